The molecule has 112 valence electrons. The van der Waals surface area contributed by atoms with Gasteiger partial charge in [-0.1, -0.05) is 13.0 Å². The van der Waals surface area contributed by atoms with Crippen molar-refractivity contribution in [3.8, 4) is 5.75 Å². The van der Waals surface area contributed by atoms with E-state index < -0.39 is 0 Å². The Morgan fingerprint density at radius 2 is 2.15 bits per heavy atom. The molecular weight excluding hydrogens is 248 g/mol. The molecule has 0 aromatic heterocycles. The largest absolute Gasteiger partial charge is 0.496 e. The van der Waals surface area contributed by atoms with Gasteiger partial charge < -0.3 is 10.1 Å². The first-order chi connectivity index (χ1) is 9.65. The molecule has 0 amide bonds. The van der Waals surface area contributed by atoms with Crippen LogP contribution in [0.3, 0.4) is 0 Å². The number of rotatable bonds is 5. The van der Waals surface area contributed by atoms with E-state index >= 15 is 0 Å². The van der Waals surface area contributed by atoms with Gasteiger partial charge in [-0.05, 0) is 57.0 Å². The van der Waals surface area contributed by atoms with Gasteiger partial charge in [0, 0.05) is 24.7 Å². The lowest BCUT2D eigenvalue weighted by molar-refractivity contribution is 0.105. The molecule has 0 spiro atoms. The van der Waals surface area contributed by atoms with E-state index in [0.29, 0.717) is 6.04 Å². The van der Waals surface area contributed by atoms with Crippen molar-refractivity contribution in [1.29, 1.82) is 0 Å². The summed E-state index contributed by atoms with van der Waals surface area (Å²) in [5.41, 5.74) is 2.63. The molecule has 20 heavy (non-hydrogen) atoms. The number of nitrogens with zero attached hydrogens (tertiary/aromatic N) is 1. The Balaban J connectivity index is 2.15. The van der Waals surface area contributed by atoms with Crippen LogP contribution in [-0.4, -0.2) is 31.6 Å². The van der Waals surface area contributed by atoms with Crippen LogP contribution in [-0.2, 0) is 13.1 Å². The van der Waals surface area contributed by atoms with Crippen LogP contribution >= 0.6 is 0 Å². The van der Waals surface area contributed by atoms with Crippen LogP contribution in [0.15, 0.2) is 18.2 Å². The van der Waals surface area contributed by atoms with Gasteiger partial charge in [-0.25, -0.2) is 0 Å². The predicted molar refractivity (Wildman–Crippen MR) is 84.0 cm³/mol. The maximum Gasteiger partial charge on any atom is 0.123 e. The third kappa shape index (κ3) is 3.53. The minimum Gasteiger partial charge on any atom is -0.496 e. The van der Waals surface area contributed by atoms with E-state index in [1.54, 1.807) is 7.11 Å². The Bertz CT molecular complexity index is 433. The monoisotopic (exact) mass is 276 g/mol. The van der Waals surface area contributed by atoms with Gasteiger partial charge >= 0.3 is 0 Å². The lowest BCUT2D eigenvalue weighted by Crippen LogP contribution is -2.41. The quantitative estimate of drug-likeness (QED) is 0.894. The summed E-state index contributed by atoms with van der Waals surface area (Å²) in [7, 11) is 3.75. The van der Waals surface area contributed by atoms with E-state index in [1.165, 1.54) is 30.5 Å². The Kier molecular flexibility index (Phi) is 5.44. The highest BCUT2D eigenvalue weighted by atomic mass is 16.5. The fourth-order valence-electron chi connectivity index (χ4n) is 3.13. The second-order valence-corrected chi connectivity index (χ2v) is 6.01. The molecule has 0 aliphatic carbocycles. The average molecular weight is 276 g/mol. The summed E-state index contributed by atoms with van der Waals surface area (Å²) in [5, 5.41) is 3.21. The van der Waals surface area contributed by atoms with E-state index in [1.807, 2.05) is 7.05 Å². The fraction of sp³-hybridized carbons (Fsp3) is 0.647. The van der Waals surface area contributed by atoms with Gasteiger partial charge in [-0.2, -0.15) is 0 Å². The van der Waals surface area contributed by atoms with Crippen molar-refractivity contribution in [3.63, 3.8) is 0 Å². The van der Waals surface area contributed by atoms with Crippen molar-refractivity contribution < 1.29 is 4.74 Å². The molecule has 1 N–H and O–H groups in total. The molecule has 3 heteroatoms. The Morgan fingerprint density at radius 3 is 2.85 bits per heavy atom. The van der Waals surface area contributed by atoms with Gasteiger partial charge in [0.05, 0.1) is 7.11 Å². The van der Waals surface area contributed by atoms with Crippen molar-refractivity contribution in [2.45, 2.75) is 45.8 Å². The zero-order chi connectivity index (χ0) is 14.5. The van der Waals surface area contributed by atoms with Crippen molar-refractivity contribution in [3.05, 3.63) is 29.3 Å². The second kappa shape index (κ2) is 7.09. The summed E-state index contributed by atoms with van der Waals surface area (Å²) in [4.78, 5) is 2.59. The zero-order valence-electron chi connectivity index (χ0n) is 13.3. The predicted octanol–water partition coefficient (Wildman–Crippen LogP) is 3.04. The molecule has 1 saturated heterocycles. The van der Waals surface area contributed by atoms with E-state index in [-0.39, 0.29) is 0 Å². The van der Waals surface area contributed by atoms with E-state index in [0.717, 1.165) is 24.8 Å². The normalized spacial score (nSPS) is 23.8. The summed E-state index contributed by atoms with van der Waals surface area (Å²) >= 11 is 0. The average Bonchev–Trinajstić information content (AvgIpc) is 2.45. The third-order valence-corrected chi connectivity index (χ3v) is 4.60. The minimum absolute atomic E-state index is 0.654. The summed E-state index contributed by atoms with van der Waals surface area (Å²) < 4.78 is 5.54. The Morgan fingerprint density at radius 1 is 1.35 bits per heavy atom. The molecule has 0 saturated carbocycles. The van der Waals surface area contributed by atoms with Gasteiger partial charge in [0.15, 0.2) is 0 Å². The standard InChI is InChI=1S/C17H28N2O/c1-13-6-5-9-19(14(13)2)12-16-10-15(11-18-3)7-8-17(16)20-4/h7-8,10,13-14,18H,5-6,9,11-12H2,1-4H3. The lowest BCUT2D eigenvalue weighted by atomic mass is 9.91. The first-order valence-corrected chi connectivity index (χ1v) is 7.70. The van der Waals surface area contributed by atoms with Crippen LogP contribution in [0, 0.1) is 5.92 Å². The number of likely N-dealkylation sites (tertiary alicyclic amines) is 1. The van der Waals surface area contributed by atoms with Gasteiger partial charge in [0.2, 0.25) is 0 Å². The molecule has 1 aliphatic rings. The summed E-state index contributed by atoms with van der Waals surface area (Å²) in [5.74, 6) is 1.80. The molecule has 2 atom stereocenters. The van der Waals surface area contributed by atoms with Gasteiger partial charge in [0.25, 0.3) is 0 Å². The maximum atomic E-state index is 5.54. The minimum atomic E-state index is 0.654. The number of nitrogens with one attached hydrogen (secondary N) is 1. The Labute approximate surface area is 123 Å². The lowest BCUT2D eigenvalue weighted by Gasteiger charge is -2.38. The molecule has 0 bridgehead atoms. The van der Waals surface area contributed by atoms with E-state index in [9.17, 15) is 0 Å². The summed E-state index contributed by atoms with van der Waals surface area (Å²) in [6, 6.07) is 7.17. The first-order valence-electron chi connectivity index (χ1n) is 7.70. The van der Waals surface area contributed by atoms with Crippen LogP contribution < -0.4 is 10.1 Å². The van der Waals surface area contributed by atoms with Gasteiger partial charge in [-0.3, -0.25) is 4.90 Å². The molecule has 1 aromatic rings. The first kappa shape index (κ1) is 15.3. The molecule has 3 nitrogen and oxygen atoms in total. The van der Waals surface area contributed by atoms with E-state index in [4.69, 9.17) is 4.74 Å². The van der Waals surface area contributed by atoms with Crippen LogP contribution in [0.25, 0.3) is 0 Å². The van der Waals surface area contributed by atoms with Gasteiger partial charge in [0.1, 0.15) is 5.75 Å². The number of benzene rings is 1. The number of hydrogen-bond acceptors (Lipinski definition) is 3. The highest BCUT2D eigenvalue weighted by Crippen LogP contribution is 2.28. The molecule has 1 aliphatic heterocycles. The molecule has 2 rings (SSSR count). The zero-order valence-corrected chi connectivity index (χ0v) is 13.3. The fourth-order valence-corrected chi connectivity index (χ4v) is 3.13. The van der Waals surface area contributed by atoms with Crippen molar-refractivity contribution in [1.82, 2.24) is 10.2 Å². The SMILES string of the molecule is CNCc1ccc(OC)c(CN2CCCC(C)C2C)c1. The van der Waals surface area contributed by atoms with Crippen LogP contribution in [0.2, 0.25) is 0 Å². The van der Waals surface area contributed by atoms with Crippen LogP contribution in [0.5, 0.6) is 5.75 Å². The van der Waals surface area contributed by atoms with Crippen molar-refractivity contribution in [2.24, 2.45) is 5.92 Å². The van der Waals surface area contributed by atoms with Crippen molar-refractivity contribution in [2.75, 3.05) is 20.7 Å². The van der Waals surface area contributed by atoms with Crippen molar-refractivity contribution >= 4 is 0 Å². The summed E-state index contributed by atoms with van der Waals surface area (Å²) in [6.07, 6.45) is 2.67. The molecule has 1 aromatic carbocycles. The highest BCUT2D eigenvalue weighted by Gasteiger charge is 2.25. The second-order valence-electron chi connectivity index (χ2n) is 6.01. The Hall–Kier alpha value is -1.06. The highest BCUT2D eigenvalue weighted by molar-refractivity contribution is 5.37. The number of ether oxygens (including phenoxy) is 1. The van der Waals surface area contributed by atoms with Crippen LogP contribution in [0.4, 0.5) is 0 Å². The number of piperidine rings is 1. The molecule has 1 fully saturated rings. The number of methoxy groups -OCH3 is 1. The molecular formula is C17H28N2O. The van der Waals surface area contributed by atoms with E-state index in [2.05, 4.69) is 42.3 Å². The molecule has 1 heterocycles. The summed E-state index contributed by atoms with van der Waals surface area (Å²) in [6.45, 7) is 7.82. The van der Waals surface area contributed by atoms with Crippen LogP contribution in [0.1, 0.15) is 37.8 Å². The molecule has 2 unspecified atom stereocenters. The van der Waals surface area contributed by atoms with Gasteiger partial charge in [-0.15, -0.1) is 0 Å². The topological polar surface area (TPSA) is 24.5 Å². The molecule has 0 radical (unpaired) electrons. The maximum absolute atomic E-state index is 5.54. The third-order valence-electron chi connectivity index (χ3n) is 4.60. The number of hydrogen-bond donors (Lipinski definition) is 1. The smallest absolute Gasteiger partial charge is 0.123 e.